The maximum absolute atomic E-state index is 5.75. The third-order valence-electron chi connectivity index (χ3n) is 4.15. The van der Waals surface area contributed by atoms with Crippen molar-refractivity contribution >= 4 is 0 Å². The summed E-state index contributed by atoms with van der Waals surface area (Å²) in [7, 11) is 3.78. The number of hydrogen-bond acceptors (Lipinski definition) is 2. The van der Waals surface area contributed by atoms with Crippen LogP contribution in [-0.4, -0.2) is 20.2 Å². The molecule has 0 fully saturated rings. The first-order valence-electron chi connectivity index (χ1n) is 7.47. The quantitative estimate of drug-likeness (QED) is 0.870. The molecule has 112 valence electrons. The number of methoxy groups -OCH3 is 1. The molecule has 2 nitrogen and oxygen atoms in total. The molecule has 2 aromatic rings. The molecular formula is C19H25NO. The fraction of sp³-hybridized carbons (Fsp3) is 0.368. The second-order valence-corrected chi connectivity index (χ2v) is 5.58. The van der Waals surface area contributed by atoms with Crippen molar-refractivity contribution in [2.75, 3.05) is 14.2 Å². The summed E-state index contributed by atoms with van der Waals surface area (Å²) in [6.45, 7) is 4.31. The molecule has 2 unspecified atom stereocenters. The first kappa shape index (κ1) is 15.7. The van der Waals surface area contributed by atoms with Crippen LogP contribution in [0, 0.1) is 13.8 Å². The van der Waals surface area contributed by atoms with Crippen molar-refractivity contribution in [1.29, 1.82) is 0 Å². The Morgan fingerprint density at radius 1 is 1.00 bits per heavy atom. The van der Waals surface area contributed by atoms with E-state index in [0.717, 1.165) is 6.42 Å². The molecule has 21 heavy (non-hydrogen) atoms. The first-order chi connectivity index (χ1) is 10.2. The van der Waals surface area contributed by atoms with Gasteiger partial charge in [0.25, 0.3) is 0 Å². The van der Waals surface area contributed by atoms with Gasteiger partial charge in [-0.25, -0.2) is 0 Å². The van der Waals surface area contributed by atoms with E-state index >= 15 is 0 Å². The van der Waals surface area contributed by atoms with Gasteiger partial charge < -0.3 is 10.1 Å². The molecule has 0 aromatic heterocycles. The van der Waals surface area contributed by atoms with Crippen molar-refractivity contribution < 1.29 is 4.74 Å². The molecule has 0 bridgehead atoms. The third-order valence-corrected chi connectivity index (χ3v) is 4.15. The van der Waals surface area contributed by atoms with Crippen LogP contribution in [0.25, 0.3) is 0 Å². The highest BCUT2D eigenvalue weighted by molar-refractivity contribution is 5.31. The summed E-state index contributed by atoms with van der Waals surface area (Å²) in [5.74, 6) is 0. The van der Waals surface area contributed by atoms with Crippen molar-refractivity contribution in [3.63, 3.8) is 0 Å². The van der Waals surface area contributed by atoms with Crippen LogP contribution in [0.5, 0.6) is 0 Å². The van der Waals surface area contributed by atoms with Gasteiger partial charge in [0.05, 0.1) is 6.10 Å². The van der Waals surface area contributed by atoms with Crippen LogP contribution in [0.2, 0.25) is 0 Å². The van der Waals surface area contributed by atoms with Crippen LogP contribution in [-0.2, 0) is 11.2 Å². The summed E-state index contributed by atoms with van der Waals surface area (Å²) in [6.07, 6.45) is 1.00. The van der Waals surface area contributed by atoms with Gasteiger partial charge in [-0.15, -0.1) is 0 Å². The van der Waals surface area contributed by atoms with E-state index in [1.165, 1.54) is 22.3 Å². The second-order valence-electron chi connectivity index (χ2n) is 5.58. The van der Waals surface area contributed by atoms with Crippen LogP contribution in [0.4, 0.5) is 0 Å². The second kappa shape index (κ2) is 7.39. The van der Waals surface area contributed by atoms with E-state index in [-0.39, 0.29) is 12.1 Å². The maximum atomic E-state index is 5.75. The van der Waals surface area contributed by atoms with Crippen LogP contribution >= 0.6 is 0 Å². The van der Waals surface area contributed by atoms with Gasteiger partial charge in [-0.1, -0.05) is 48.5 Å². The molecule has 0 aliphatic carbocycles. The standard InChI is InChI=1S/C19H25NO/c1-14-10-11-16(12-15(14)2)13-18(20-3)19(21-4)17-8-6-5-7-9-17/h5-12,18-20H,13H2,1-4H3. The molecule has 0 amide bonds. The zero-order valence-corrected chi connectivity index (χ0v) is 13.4. The first-order valence-corrected chi connectivity index (χ1v) is 7.47. The largest absolute Gasteiger partial charge is 0.375 e. The van der Waals surface area contributed by atoms with Gasteiger partial charge in [-0.2, -0.15) is 0 Å². The molecule has 2 atom stereocenters. The summed E-state index contributed by atoms with van der Waals surface area (Å²) >= 11 is 0. The molecular weight excluding hydrogens is 258 g/mol. The molecule has 2 heteroatoms. The Morgan fingerprint density at radius 2 is 1.71 bits per heavy atom. The zero-order chi connectivity index (χ0) is 15.2. The Balaban J connectivity index is 2.19. The number of benzene rings is 2. The number of ether oxygens (including phenoxy) is 1. The van der Waals surface area contributed by atoms with Crippen LogP contribution in [0.15, 0.2) is 48.5 Å². The Hall–Kier alpha value is -1.64. The Kier molecular flexibility index (Phi) is 5.54. The molecule has 0 radical (unpaired) electrons. The molecule has 0 heterocycles. The molecule has 0 aliphatic heterocycles. The SMILES string of the molecule is CNC(Cc1ccc(C)c(C)c1)C(OC)c1ccccc1. The monoisotopic (exact) mass is 283 g/mol. The number of aryl methyl sites for hydroxylation is 2. The van der Waals surface area contributed by atoms with Gasteiger partial charge in [0, 0.05) is 13.2 Å². The van der Waals surface area contributed by atoms with Crippen LogP contribution in [0.1, 0.15) is 28.4 Å². The van der Waals surface area contributed by atoms with E-state index in [0.29, 0.717) is 0 Å². The molecule has 1 N–H and O–H groups in total. The maximum Gasteiger partial charge on any atom is 0.0977 e. The minimum absolute atomic E-state index is 0.0535. The smallest absolute Gasteiger partial charge is 0.0977 e. The highest BCUT2D eigenvalue weighted by Gasteiger charge is 2.21. The van der Waals surface area contributed by atoms with E-state index in [1.54, 1.807) is 7.11 Å². The lowest BCUT2D eigenvalue weighted by Crippen LogP contribution is -2.35. The summed E-state index contributed by atoms with van der Waals surface area (Å²) in [6, 6.07) is 17.3. The minimum atomic E-state index is 0.0535. The molecule has 0 spiro atoms. The lowest BCUT2D eigenvalue weighted by atomic mass is 9.94. The van der Waals surface area contributed by atoms with Crippen molar-refractivity contribution in [2.45, 2.75) is 32.4 Å². The van der Waals surface area contributed by atoms with E-state index in [4.69, 9.17) is 4.74 Å². The van der Waals surface area contributed by atoms with E-state index in [2.05, 4.69) is 61.6 Å². The molecule has 0 saturated heterocycles. The number of likely N-dealkylation sites (N-methyl/N-ethyl adjacent to an activating group) is 1. The summed E-state index contributed by atoms with van der Waals surface area (Å²) in [4.78, 5) is 0. The molecule has 2 rings (SSSR count). The normalized spacial score (nSPS) is 13.9. The lowest BCUT2D eigenvalue weighted by molar-refractivity contribution is 0.0704. The van der Waals surface area contributed by atoms with E-state index in [1.807, 2.05) is 13.1 Å². The third kappa shape index (κ3) is 3.93. The summed E-state index contributed by atoms with van der Waals surface area (Å²) in [5, 5.41) is 3.41. The predicted molar refractivity (Wildman–Crippen MR) is 88.7 cm³/mol. The van der Waals surface area contributed by atoms with Gasteiger partial charge in [-0.05, 0) is 49.6 Å². The van der Waals surface area contributed by atoms with Crippen molar-refractivity contribution in [2.24, 2.45) is 0 Å². The number of hydrogen-bond donors (Lipinski definition) is 1. The minimum Gasteiger partial charge on any atom is -0.375 e. The van der Waals surface area contributed by atoms with Gasteiger partial charge in [-0.3, -0.25) is 0 Å². The summed E-state index contributed by atoms with van der Waals surface area (Å²) in [5.41, 5.74) is 5.24. The Morgan fingerprint density at radius 3 is 2.29 bits per heavy atom. The average molecular weight is 283 g/mol. The molecule has 0 aliphatic rings. The lowest BCUT2D eigenvalue weighted by Gasteiger charge is -2.26. The fourth-order valence-corrected chi connectivity index (χ4v) is 2.72. The van der Waals surface area contributed by atoms with E-state index in [9.17, 15) is 0 Å². The Bertz CT molecular complexity index is 565. The average Bonchev–Trinajstić information content (AvgIpc) is 2.51. The fourth-order valence-electron chi connectivity index (χ4n) is 2.72. The number of nitrogens with one attached hydrogen (secondary N) is 1. The van der Waals surface area contributed by atoms with Crippen molar-refractivity contribution in [3.05, 3.63) is 70.8 Å². The highest BCUT2D eigenvalue weighted by Crippen LogP contribution is 2.23. The van der Waals surface area contributed by atoms with Gasteiger partial charge in [0.2, 0.25) is 0 Å². The predicted octanol–water partition coefficient (Wildman–Crippen LogP) is 3.82. The van der Waals surface area contributed by atoms with E-state index < -0.39 is 0 Å². The highest BCUT2D eigenvalue weighted by atomic mass is 16.5. The number of rotatable bonds is 6. The molecule has 0 saturated carbocycles. The van der Waals surface area contributed by atoms with Crippen LogP contribution < -0.4 is 5.32 Å². The van der Waals surface area contributed by atoms with Gasteiger partial charge >= 0.3 is 0 Å². The van der Waals surface area contributed by atoms with Gasteiger partial charge in [0.1, 0.15) is 0 Å². The topological polar surface area (TPSA) is 21.3 Å². The molecule has 2 aromatic carbocycles. The Labute approximate surface area is 128 Å². The van der Waals surface area contributed by atoms with Crippen molar-refractivity contribution in [3.8, 4) is 0 Å². The zero-order valence-electron chi connectivity index (χ0n) is 13.4. The van der Waals surface area contributed by atoms with Crippen molar-refractivity contribution in [1.82, 2.24) is 5.32 Å². The van der Waals surface area contributed by atoms with Gasteiger partial charge in [0.15, 0.2) is 0 Å². The van der Waals surface area contributed by atoms with Crippen LogP contribution in [0.3, 0.4) is 0 Å². The summed E-state index contributed by atoms with van der Waals surface area (Å²) < 4.78 is 5.75.